The van der Waals surface area contributed by atoms with Crippen LogP contribution in [-0.4, -0.2) is 43.6 Å². The molecule has 1 aliphatic carbocycles. The predicted molar refractivity (Wildman–Crippen MR) is 102 cm³/mol. The summed E-state index contributed by atoms with van der Waals surface area (Å²) in [6, 6.07) is 5.19. The van der Waals surface area contributed by atoms with Crippen LogP contribution in [0.1, 0.15) is 37.3 Å². The lowest BCUT2D eigenvalue weighted by Crippen LogP contribution is -2.46. The molecule has 0 amide bonds. The molecule has 136 valence electrons. The van der Waals surface area contributed by atoms with Crippen LogP contribution in [0.5, 0.6) is 0 Å². The molecule has 0 aromatic heterocycles. The third kappa shape index (κ3) is 4.53. The quantitative estimate of drug-likeness (QED) is 0.477. The number of rotatable bonds is 5. The maximum Gasteiger partial charge on any atom is 0.191 e. The van der Waals surface area contributed by atoms with Gasteiger partial charge in [-0.25, -0.2) is 4.39 Å². The van der Waals surface area contributed by atoms with Gasteiger partial charge in [0.1, 0.15) is 5.82 Å². The minimum absolute atomic E-state index is 0.101. The number of halogens is 2. The van der Waals surface area contributed by atoms with Gasteiger partial charge in [0, 0.05) is 30.2 Å². The molecule has 2 N–H and O–H groups in total. The molecule has 1 heterocycles. The number of nitrogens with zero attached hydrogens (tertiary/aromatic N) is 2. The Morgan fingerprint density at radius 3 is 2.68 bits per heavy atom. The predicted octanol–water partition coefficient (Wildman–Crippen LogP) is 3.50. The molecule has 1 atom stereocenters. The van der Waals surface area contributed by atoms with Gasteiger partial charge in [-0.1, -0.05) is 29.8 Å². The lowest BCUT2D eigenvalue weighted by atomic mass is 10.0. The highest BCUT2D eigenvalue weighted by Gasteiger charge is 2.28. The van der Waals surface area contributed by atoms with Crippen molar-refractivity contribution in [1.82, 2.24) is 15.5 Å². The maximum atomic E-state index is 14.5. The Balaban J connectivity index is 1.71. The van der Waals surface area contributed by atoms with E-state index in [1.54, 1.807) is 19.2 Å². The van der Waals surface area contributed by atoms with Crippen molar-refractivity contribution in [1.29, 1.82) is 0 Å². The van der Waals surface area contributed by atoms with Gasteiger partial charge in [-0.2, -0.15) is 0 Å². The molecule has 0 bridgehead atoms. The average Bonchev–Trinajstić information content (AvgIpc) is 3.29. The topological polar surface area (TPSA) is 39.7 Å². The monoisotopic (exact) mass is 364 g/mol. The van der Waals surface area contributed by atoms with E-state index in [0.717, 1.165) is 44.7 Å². The van der Waals surface area contributed by atoms with Crippen molar-refractivity contribution in [2.75, 3.05) is 26.7 Å². The van der Waals surface area contributed by atoms with E-state index in [2.05, 4.69) is 32.7 Å². The molecule has 1 saturated heterocycles. The molecule has 1 aliphatic heterocycles. The average molecular weight is 365 g/mol. The minimum atomic E-state index is -0.242. The van der Waals surface area contributed by atoms with Gasteiger partial charge in [-0.05, 0) is 50.9 Å². The number of benzene rings is 1. The van der Waals surface area contributed by atoms with Crippen molar-refractivity contribution in [3.8, 4) is 0 Å². The highest BCUT2D eigenvalue weighted by Crippen LogP contribution is 2.31. The first-order valence-corrected chi connectivity index (χ1v) is 9.37. The van der Waals surface area contributed by atoms with Crippen molar-refractivity contribution in [3.63, 3.8) is 0 Å². The van der Waals surface area contributed by atoms with E-state index in [4.69, 9.17) is 11.6 Å². The van der Waals surface area contributed by atoms with E-state index in [-0.39, 0.29) is 11.9 Å². The summed E-state index contributed by atoms with van der Waals surface area (Å²) in [4.78, 5) is 6.62. The third-order valence-electron chi connectivity index (χ3n) is 4.95. The number of aliphatic imine (C=N–C) groups is 1. The van der Waals surface area contributed by atoms with Crippen LogP contribution >= 0.6 is 11.6 Å². The zero-order chi connectivity index (χ0) is 17.6. The molecule has 1 aromatic carbocycles. The first-order valence-electron chi connectivity index (χ1n) is 8.99. The van der Waals surface area contributed by atoms with Crippen molar-refractivity contribution >= 4 is 17.6 Å². The van der Waals surface area contributed by atoms with Crippen LogP contribution in [0.2, 0.25) is 5.02 Å². The highest BCUT2D eigenvalue weighted by atomic mass is 35.5. The Morgan fingerprint density at radius 1 is 1.32 bits per heavy atom. The molecule has 1 unspecified atom stereocenters. The van der Waals surface area contributed by atoms with E-state index in [0.29, 0.717) is 23.2 Å². The molecule has 2 aliphatic rings. The molecule has 1 fully saturated rings. The molecule has 0 spiro atoms. The van der Waals surface area contributed by atoms with Gasteiger partial charge in [0.05, 0.1) is 6.04 Å². The second-order valence-electron chi connectivity index (χ2n) is 6.63. The SMILES string of the molecule is CN=C(NCC(c1c(F)cccc1Cl)N1CCCC1)NC1CC=CC1. The van der Waals surface area contributed by atoms with Crippen molar-refractivity contribution < 1.29 is 4.39 Å². The fourth-order valence-corrected chi connectivity index (χ4v) is 3.90. The summed E-state index contributed by atoms with van der Waals surface area (Å²) >= 11 is 6.34. The summed E-state index contributed by atoms with van der Waals surface area (Å²) in [5.41, 5.74) is 0.580. The Labute approximate surface area is 154 Å². The van der Waals surface area contributed by atoms with Gasteiger partial charge in [0.15, 0.2) is 5.96 Å². The Kier molecular flexibility index (Phi) is 6.32. The fourth-order valence-electron chi connectivity index (χ4n) is 3.61. The van der Waals surface area contributed by atoms with Crippen LogP contribution in [0.15, 0.2) is 35.3 Å². The lowest BCUT2D eigenvalue weighted by molar-refractivity contribution is 0.240. The first-order chi connectivity index (χ1) is 12.2. The molecule has 25 heavy (non-hydrogen) atoms. The molecular formula is C19H26ClFN4. The van der Waals surface area contributed by atoms with Crippen LogP contribution in [0.25, 0.3) is 0 Å². The van der Waals surface area contributed by atoms with Gasteiger partial charge >= 0.3 is 0 Å². The number of guanidine groups is 1. The first kappa shape index (κ1) is 18.2. The summed E-state index contributed by atoms with van der Waals surface area (Å²) in [6.07, 6.45) is 8.66. The van der Waals surface area contributed by atoms with E-state index in [1.807, 2.05) is 0 Å². The molecule has 4 nitrogen and oxygen atoms in total. The Morgan fingerprint density at radius 2 is 2.04 bits per heavy atom. The molecule has 3 rings (SSSR count). The van der Waals surface area contributed by atoms with Crippen LogP contribution < -0.4 is 10.6 Å². The van der Waals surface area contributed by atoms with Crippen LogP contribution in [0.4, 0.5) is 4.39 Å². The Bertz CT molecular complexity index is 612. The highest BCUT2D eigenvalue weighted by molar-refractivity contribution is 6.31. The smallest absolute Gasteiger partial charge is 0.191 e. The number of likely N-dealkylation sites (tertiary alicyclic amines) is 1. The summed E-state index contributed by atoms with van der Waals surface area (Å²) in [5.74, 6) is 0.513. The third-order valence-corrected chi connectivity index (χ3v) is 5.28. The van der Waals surface area contributed by atoms with Gasteiger partial charge in [0.2, 0.25) is 0 Å². The summed E-state index contributed by atoms with van der Waals surface area (Å²) in [6.45, 7) is 2.51. The molecular weight excluding hydrogens is 339 g/mol. The van der Waals surface area contributed by atoms with Crippen molar-refractivity contribution in [2.24, 2.45) is 4.99 Å². The van der Waals surface area contributed by atoms with Gasteiger partial charge < -0.3 is 10.6 Å². The molecule has 6 heteroatoms. The summed E-state index contributed by atoms with van der Waals surface area (Å²) in [5, 5.41) is 7.28. The van der Waals surface area contributed by atoms with Crippen molar-refractivity contribution in [2.45, 2.75) is 37.8 Å². The zero-order valence-corrected chi connectivity index (χ0v) is 15.4. The Hall–Kier alpha value is -1.59. The minimum Gasteiger partial charge on any atom is -0.354 e. The maximum absolute atomic E-state index is 14.5. The molecule has 0 radical (unpaired) electrons. The lowest BCUT2D eigenvalue weighted by Gasteiger charge is -2.30. The summed E-state index contributed by atoms with van der Waals surface area (Å²) in [7, 11) is 1.76. The molecule has 0 saturated carbocycles. The largest absolute Gasteiger partial charge is 0.354 e. The van der Waals surface area contributed by atoms with Gasteiger partial charge in [-0.3, -0.25) is 9.89 Å². The second-order valence-corrected chi connectivity index (χ2v) is 7.04. The van der Waals surface area contributed by atoms with Crippen LogP contribution in [0.3, 0.4) is 0 Å². The zero-order valence-electron chi connectivity index (χ0n) is 14.6. The van der Waals surface area contributed by atoms with E-state index < -0.39 is 0 Å². The van der Waals surface area contributed by atoms with Crippen molar-refractivity contribution in [3.05, 3.63) is 46.8 Å². The summed E-state index contributed by atoms with van der Waals surface area (Å²) < 4.78 is 14.5. The fraction of sp³-hybridized carbons (Fsp3) is 0.526. The number of hydrogen-bond acceptors (Lipinski definition) is 2. The second kappa shape index (κ2) is 8.68. The van der Waals surface area contributed by atoms with E-state index in [9.17, 15) is 4.39 Å². The van der Waals surface area contributed by atoms with E-state index in [1.165, 1.54) is 6.07 Å². The van der Waals surface area contributed by atoms with Gasteiger partial charge in [0.25, 0.3) is 0 Å². The van der Waals surface area contributed by atoms with Crippen LogP contribution in [-0.2, 0) is 0 Å². The standard InChI is InChI=1S/C19H26ClFN4/c1-22-19(24-14-7-2-3-8-14)23-13-17(25-11-4-5-12-25)18-15(20)9-6-10-16(18)21/h2-3,6,9-10,14,17H,4-5,7-8,11-13H2,1H3,(H2,22,23,24). The van der Waals surface area contributed by atoms with Crippen LogP contribution in [0, 0.1) is 5.82 Å². The van der Waals surface area contributed by atoms with E-state index >= 15 is 0 Å². The van der Waals surface area contributed by atoms with Gasteiger partial charge in [-0.15, -0.1) is 0 Å². The number of hydrogen-bond donors (Lipinski definition) is 2. The normalized spacial score (nSPS) is 20.2. The number of nitrogens with one attached hydrogen (secondary N) is 2. The molecule has 1 aromatic rings.